The number of hydrogen-bond acceptors (Lipinski definition) is 3. The quantitative estimate of drug-likeness (QED) is 0.910. The van der Waals surface area contributed by atoms with Gasteiger partial charge in [0.15, 0.2) is 0 Å². The molecule has 0 aliphatic carbocycles. The lowest BCUT2D eigenvalue weighted by Crippen LogP contribution is -2.39. The van der Waals surface area contributed by atoms with E-state index >= 15 is 0 Å². The van der Waals surface area contributed by atoms with Crippen LogP contribution in [0.3, 0.4) is 0 Å². The highest BCUT2D eigenvalue weighted by Gasteiger charge is 2.24. The van der Waals surface area contributed by atoms with Gasteiger partial charge in [0, 0.05) is 38.1 Å². The van der Waals surface area contributed by atoms with E-state index in [1.54, 1.807) is 12.1 Å². The Kier molecular flexibility index (Phi) is 3.31. The second-order valence-corrected chi connectivity index (χ2v) is 4.81. The monoisotopic (exact) mass is 260 g/mol. The summed E-state index contributed by atoms with van der Waals surface area (Å²) in [5.41, 5.74) is 6.82. The van der Waals surface area contributed by atoms with E-state index in [4.69, 9.17) is 5.73 Å². The van der Waals surface area contributed by atoms with E-state index in [0.717, 1.165) is 31.0 Å². The zero-order chi connectivity index (χ0) is 13.2. The molecule has 2 N–H and O–H groups in total. The summed E-state index contributed by atoms with van der Waals surface area (Å²) in [7, 11) is 0. The van der Waals surface area contributed by atoms with Crippen molar-refractivity contribution in [3.63, 3.8) is 0 Å². The minimum absolute atomic E-state index is 0.0427. The van der Waals surface area contributed by atoms with Crippen molar-refractivity contribution in [2.75, 3.05) is 13.1 Å². The number of fused-ring (bicyclic) bond motifs is 1. The third kappa shape index (κ3) is 2.39. The van der Waals surface area contributed by atoms with Gasteiger partial charge >= 0.3 is 0 Å². The van der Waals surface area contributed by atoms with Crippen molar-refractivity contribution in [3.8, 4) is 0 Å². The molecule has 1 unspecified atom stereocenters. The second-order valence-electron chi connectivity index (χ2n) is 4.81. The predicted octanol–water partition coefficient (Wildman–Crippen LogP) is 1.54. The van der Waals surface area contributed by atoms with Crippen molar-refractivity contribution in [1.29, 1.82) is 0 Å². The van der Waals surface area contributed by atoms with Crippen molar-refractivity contribution in [1.82, 2.24) is 14.5 Å². The average molecular weight is 260 g/mol. The van der Waals surface area contributed by atoms with Gasteiger partial charge in [0.25, 0.3) is 0 Å². The summed E-state index contributed by atoms with van der Waals surface area (Å²) in [6.45, 7) is 3.04. The molecule has 3 rings (SSSR count). The van der Waals surface area contributed by atoms with E-state index in [9.17, 15) is 4.39 Å². The van der Waals surface area contributed by atoms with Gasteiger partial charge in [-0.05, 0) is 17.7 Å². The smallest absolute Gasteiger partial charge is 0.123 e. The molecule has 1 aliphatic rings. The summed E-state index contributed by atoms with van der Waals surface area (Å²) >= 11 is 0. The first kappa shape index (κ1) is 12.3. The highest BCUT2D eigenvalue weighted by Crippen LogP contribution is 2.24. The normalized spacial score (nSPS) is 17.2. The lowest BCUT2D eigenvalue weighted by Gasteiger charge is -2.34. The summed E-state index contributed by atoms with van der Waals surface area (Å²) in [6.07, 6.45) is 3.81. The van der Waals surface area contributed by atoms with Crippen LogP contribution in [-0.2, 0) is 13.1 Å². The minimum Gasteiger partial charge on any atom is -0.333 e. The van der Waals surface area contributed by atoms with Crippen LogP contribution in [0, 0.1) is 5.82 Å². The number of nitrogens with zero attached hydrogens (tertiary/aromatic N) is 3. The maximum absolute atomic E-state index is 13.3. The van der Waals surface area contributed by atoms with Crippen LogP contribution in [0.1, 0.15) is 17.4 Å². The summed E-state index contributed by atoms with van der Waals surface area (Å²) < 4.78 is 15.5. The van der Waals surface area contributed by atoms with Crippen LogP contribution in [0.25, 0.3) is 0 Å². The van der Waals surface area contributed by atoms with Crippen LogP contribution in [0.15, 0.2) is 36.7 Å². The average Bonchev–Trinajstić information content (AvgIpc) is 2.87. The van der Waals surface area contributed by atoms with Gasteiger partial charge in [-0.15, -0.1) is 0 Å². The lowest BCUT2D eigenvalue weighted by molar-refractivity contribution is 0.156. The molecular weight excluding hydrogens is 243 g/mol. The van der Waals surface area contributed by atoms with Crippen LogP contribution < -0.4 is 5.73 Å². The number of hydrogen-bond donors (Lipinski definition) is 1. The van der Waals surface area contributed by atoms with E-state index in [0.29, 0.717) is 6.54 Å². The molecule has 5 heteroatoms. The van der Waals surface area contributed by atoms with E-state index in [2.05, 4.69) is 14.5 Å². The van der Waals surface area contributed by atoms with Gasteiger partial charge in [-0.2, -0.15) is 0 Å². The van der Waals surface area contributed by atoms with E-state index in [1.165, 1.54) is 6.07 Å². The van der Waals surface area contributed by atoms with Crippen molar-refractivity contribution >= 4 is 0 Å². The molecule has 0 bridgehead atoms. The Labute approximate surface area is 111 Å². The summed E-state index contributed by atoms with van der Waals surface area (Å²) in [5, 5.41) is 0. The molecule has 4 nitrogen and oxygen atoms in total. The molecule has 0 amide bonds. The minimum atomic E-state index is -0.213. The van der Waals surface area contributed by atoms with Crippen molar-refractivity contribution in [2.24, 2.45) is 5.73 Å². The zero-order valence-corrected chi connectivity index (χ0v) is 10.7. The second kappa shape index (κ2) is 5.11. The van der Waals surface area contributed by atoms with Gasteiger partial charge in [-0.25, -0.2) is 9.37 Å². The van der Waals surface area contributed by atoms with Crippen LogP contribution in [0.4, 0.5) is 4.39 Å². The zero-order valence-electron chi connectivity index (χ0n) is 10.7. The molecule has 0 fully saturated rings. The largest absolute Gasteiger partial charge is 0.333 e. The Morgan fingerprint density at radius 1 is 1.37 bits per heavy atom. The van der Waals surface area contributed by atoms with Gasteiger partial charge in [-0.3, -0.25) is 4.90 Å². The summed E-state index contributed by atoms with van der Waals surface area (Å²) in [6, 6.07) is 6.74. The molecule has 2 aromatic rings. The molecule has 1 aromatic carbocycles. The van der Waals surface area contributed by atoms with Gasteiger partial charge in [-0.1, -0.05) is 12.1 Å². The number of rotatable bonds is 3. The van der Waals surface area contributed by atoms with Gasteiger partial charge in [0.05, 0.1) is 6.54 Å². The Morgan fingerprint density at radius 3 is 3.05 bits per heavy atom. The Bertz CT molecular complexity index is 566. The van der Waals surface area contributed by atoms with E-state index in [-0.39, 0.29) is 11.9 Å². The van der Waals surface area contributed by atoms with Crippen LogP contribution >= 0.6 is 0 Å². The fourth-order valence-corrected chi connectivity index (χ4v) is 2.67. The summed E-state index contributed by atoms with van der Waals surface area (Å²) in [4.78, 5) is 6.60. The third-order valence-electron chi connectivity index (χ3n) is 3.67. The molecule has 100 valence electrons. The number of benzene rings is 1. The number of aromatic nitrogens is 2. The molecule has 1 aromatic heterocycles. The van der Waals surface area contributed by atoms with Gasteiger partial charge in [0.2, 0.25) is 0 Å². The summed E-state index contributed by atoms with van der Waals surface area (Å²) in [5.74, 6) is 0.829. The number of nitrogens with two attached hydrogens (primary N) is 1. The molecule has 1 aliphatic heterocycles. The molecular formula is C14H17FN4. The van der Waals surface area contributed by atoms with Crippen molar-refractivity contribution < 1.29 is 4.39 Å². The first-order valence-corrected chi connectivity index (χ1v) is 6.47. The SMILES string of the molecule is NCC(c1cccc(F)c1)N1CCn2ccnc2C1. The van der Waals surface area contributed by atoms with Crippen molar-refractivity contribution in [3.05, 3.63) is 53.9 Å². The Hall–Kier alpha value is -1.72. The molecule has 19 heavy (non-hydrogen) atoms. The Morgan fingerprint density at radius 2 is 2.26 bits per heavy atom. The topological polar surface area (TPSA) is 47.1 Å². The number of imidazole rings is 1. The van der Waals surface area contributed by atoms with Gasteiger partial charge in [0.1, 0.15) is 11.6 Å². The highest BCUT2D eigenvalue weighted by molar-refractivity contribution is 5.21. The first-order valence-electron chi connectivity index (χ1n) is 6.47. The van der Waals surface area contributed by atoms with Crippen LogP contribution in [-0.4, -0.2) is 27.5 Å². The Balaban J connectivity index is 1.84. The van der Waals surface area contributed by atoms with Gasteiger partial charge < -0.3 is 10.3 Å². The molecule has 2 heterocycles. The third-order valence-corrected chi connectivity index (χ3v) is 3.67. The molecule has 0 saturated heterocycles. The molecule has 1 atom stereocenters. The van der Waals surface area contributed by atoms with Crippen LogP contribution in [0.5, 0.6) is 0 Å². The predicted molar refractivity (Wildman–Crippen MR) is 70.8 cm³/mol. The highest BCUT2D eigenvalue weighted by atomic mass is 19.1. The standard InChI is InChI=1S/C14H17FN4/c15-12-3-1-2-11(8-12)13(9-16)19-7-6-18-5-4-17-14(18)10-19/h1-5,8,13H,6-7,9-10,16H2. The maximum atomic E-state index is 13.3. The molecule has 0 saturated carbocycles. The first-order chi connectivity index (χ1) is 9.28. The van der Waals surface area contributed by atoms with Crippen LogP contribution in [0.2, 0.25) is 0 Å². The van der Waals surface area contributed by atoms with E-state index in [1.807, 2.05) is 18.5 Å². The fraction of sp³-hybridized carbons (Fsp3) is 0.357. The van der Waals surface area contributed by atoms with Crippen molar-refractivity contribution in [2.45, 2.75) is 19.1 Å². The number of halogens is 1. The lowest BCUT2D eigenvalue weighted by atomic mass is 10.0. The maximum Gasteiger partial charge on any atom is 0.123 e. The molecule has 0 spiro atoms. The van der Waals surface area contributed by atoms with E-state index < -0.39 is 0 Å². The fourth-order valence-electron chi connectivity index (χ4n) is 2.67. The molecule has 0 radical (unpaired) electrons.